The van der Waals surface area contributed by atoms with Gasteiger partial charge in [-0.2, -0.15) is 0 Å². The fraction of sp³-hybridized carbons (Fsp3) is 0.864. The van der Waals surface area contributed by atoms with Crippen LogP contribution in [0.3, 0.4) is 0 Å². The van der Waals surface area contributed by atoms with Crippen molar-refractivity contribution in [1.29, 1.82) is 0 Å². The van der Waals surface area contributed by atoms with Gasteiger partial charge in [-0.25, -0.2) is 0 Å². The van der Waals surface area contributed by atoms with E-state index in [-0.39, 0.29) is 31.1 Å². The molecule has 1 atom stereocenters. The number of hydrogen-bond acceptors (Lipinski definition) is 6. The molecule has 0 radical (unpaired) electrons. The fourth-order valence-corrected chi connectivity index (χ4v) is 9.53. The van der Waals surface area contributed by atoms with Gasteiger partial charge in [0.25, 0.3) is 0 Å². The Labute approximate surface area is 448 Å². The van der Waals surface area contributed by atoms with Crippen LogP contribution in [0.15, 0.2) is 36.5 Å². The van der Waals surface area contributed by atoms with Crippen molar-refractivity contribution >= 4 is 17.9 Å². The molecule has 0 rings (SSSR count). The third kappa shape index (κ3) is 58.5. The molecular formula is C66H122O6. The third-order valence-electron chi connectivity index (χ3n) is 14.4. The number of ether oxygens (including phenoxy) is 3. The molecule has 0 aromatic heterocycles. The first-order valence-corrected chi connectivity index (χ1v) is 32.0. The number of esters is 3. The maximum atomic E-state index is 12.9. The van der Waals surface area contributed by atoms with Crippen LogP contribution in [-0.2, 0) is 28.6 Å². The number of allylic oxidation sites excluding steroid dienone is 6. The van der Waals surface area contributed by atoms with Crippen molar-refractivity contribution in [3.05, 3.63) is 36.5 Å². The standard InChI is InChI=1S/C66H122O6/c1-4-7-10-13-16-19-22-25-27-29-30-31-32-33-34-35-36-38-39-41-44-47-50-53-56-59-65(68)71-62-63(61-70-64(67)58-55-52-49-46-43-24-21-18-15-12-9-6-3)72-66(69)60-57-54-51-48-45-42-40-37-28-26-23-20-17-14-11-8-5-2/h17,20,26,28-30,63H,4-16,18-19,21-25,27,31-62H2,1-3H3/b20-17-,28-26-,30-29-. The lowest BCUT2D eigenvalue weighted by Crippen LogP contribution is -2.30. The summed E-state index contributed by atoms with van der Waals surface area (Å²) in [6, 6.07) is 0. The quantitative estimate of drug-likeness (QED) is 0.0261. The first-order valence-electron chi connectivity index (χ1n) is 32.0. The Bertz CT molecular complexity index is 1210. The molecule has 0 bridgehead atoms. The zero-order valence-electron chi connectivity index (χ0n) is 48.5. The molecule has 6 nitrogen and oxygen atoms in total. The molecule has 0 aliphatic rings. The maximum Gasteiger partial charge on any atom is 0.306 e. The van der Waals surface area contributed by atoms with Gasteiger partial charge in [0, 0.05) is 19.3 Å². The summed E-state index contributed by atoms with van der Waals surface area (Å²) in [6.45, 7) is 6.66. The summed E-state index contributed by atoms with van der Waals surface area (Å²) in [6.07, 6.45) is 74.4. The molecule has 0 aromatic carbocycles. The van der Waals surface area contributed by atoms with E-state index in [0.29, 0.717) is 19.3 Å². The topological polar surface area (TPSA) is 78.9 Å². The van der Waals surface area contributed by atoms with Gasteiger partial charge in [-0.15, -0.1) is 0 Å². The lowest BCUT2D eigenvalue weighted by atomic mass is 10.0. The van der Waals surface area contributed by atoms with Gasteiger partial charge in [0.2, 0.25) is 0 Å². The van der Waals surface area contributed by atoms with Crippen molar-refractivity contribution in [1.82, 2.24) is 0 Å². The highest BCUT2D eigenvalue weighted by Gasteiger charge is 2.19. The Kier molecular flexibility index (Phi) is 59.2. The molecule has 72 heavy (non-hydrogen) atoms. The third-order valence-corrected chi connectivity index (χ3v) is 14.4. The Balaban J connectivity index is 4.23. The molecular weight excluding hydrogens is 889 g/mol. The van der Waals surface area contributed by atoms with Crippen LogP contribution in [0.5, 0.6) is 0 Å². The molecule has 0 saturated heterocycles. The van der Waals surface area contributed by atoms with Crippen LogP contribution >= 0.6 is 0 Å². The minimum Gasteiger partial charge on any atom is -0.462 e. The summed E-state index contributed by atoms with van der Waals surface area (Å²) in [7, 11) is 0. The molecule has 0 aliphatic carbocycles. The van der Waals surface area contributed by atoms with Crippen LogP contribution in [0.4, 0.5) is 0 Å². The summed E-state index contributed by atoms with van der Waals surface area (Å²) in [5.74, 6) is -0.858. The fourth-order valence-electron chi connectivity index (χ4n) is 9.53. The van der Waals surface area contributed by atoms with Crippen LogP contribution in [0.1, 0.15) is 348 Å². The predicted molar refractivity (Wildman–Crippen MR) is 312 cm³/mol. The SMILES string of the molecule is CCCCC/C=C\C/C=C\CCCCCCCCCC(=O)OC(COC(=O)CCCCCCCCCCCCCC)COC(=O)CCCCCCCCCCCCCCC/C=C\CCCCCCCCCC. The average Bonchev–Trinajstić information content (AvgIpc) is 3.38. The summed E-state index contributed by atoms with van der Waals surface area (Å²) in [4.78, 5) is 38.2. The zero-order chi connectivity index (χ0) is 52.2. The second-order valence-corrected chi connectivity index (χ2v) is 21.7. The Morgan fingerprint density at radius 3 is 0.806 bits per heavy atom. The number of unbranched alkanes of at least 4 members (excludes halogenated alkanes) is 42. The van der Waals surface area contributed by atoms with Crippen LogP contribution in [0.2, 0.25) is 0 Å². The lowest BCUT2D eigenvalue weighted by molar-refractivity contribution is -0.167. The summed E-state index contributed by atoms with van der Waals surface area (Å²) in [5.41, 5.74) is 0. The highest BCUT2D eigenvalue weighted by atomic mass is 16.6. The number of hydrogen-bond donors (Lipinski definition) is 0. The molecule has 0 heterocycles. The predicted octanol–water partition coefficient (Wildman–Crippen LogP) is 21.6. The van der Waals surface area contributed by atoms with E-state index in [1.54, 1.807) is 0 Å². The van der Waals surface area contributed by atoms with Crippen molar-refractivity contribution < 1.29 is 28.6 Å². The second kappa shape index (κ2) is 61.2. The van der Waals surface area contributed by atoms with Crippen LogP contribution in [-0.4, -0.2) is 37.2 Å². The molecule has 6 heteroatoms. The van der Waals surface area contributed by atoms with Gasteiger partial charge in [0.05, 0.1) is 0 Å². The molecule has 0 aromatic rings. The van der Waals surface area contributed by atoms with Gasteiger partial charge in [0.1, 0.15) is 13.2 Å². The largest absolute Gasteiger partial charge is 0.462 e. The second-order valence-electron chi connectivity index (χ2n) is 21.7. The van der Waals surface area contributed by atoms with Gasteiger partial charge in [-0.1, -0.05) is 288 Å². The summed E-state index contributed by atoms with van der Waals surface area (Å²) < 4.78 is 16.9. The maximum absolute atomic E-state index is 12.9. The Morgan fingerprint density at radius 1 is 0.278 bits per heavy atom. The van der Waals surface area contributed by atoms with Crippen molar-refractivity contribution in [2.24, 2.45) is 0 Å². The average molecular weight is 1010 g/mol. The molecule has 0 spiro atoms. The Hall–Kier alpha value is -2.37. The van der Waals surface area contributed by atoms with E-state index < -0.39 is 6.10 Å². The van der Waals surface area contributed by atoms with Crippen LogP contribution in [0.25, 0.3) is 0 Å². The van der Waals surface area contributed by atoms with Crippen molar-refractivity contribution in [2.45, 2.75) is 354 Å². The van der Waals surface area contributed by atoms with E-state index >= 15 is 0 Å². The highest BCUT2D eigenvalue weighted by Crippen LogP contribution is 2.17. The molecule has 1 unspecified atom stereocenters. The number of carbonyl (C=O) groups is 3. The Morgan fingerprint density at radius 2 is 0.500 bits per heavy atom. The van der Waals surface area contributed by atoms with Crippen molar-refractivity contribution in [2.75, 3.05) is 13.2 Å². The summed E-state index contributed by atoms with van der Waals surface area (Å²) >= 11 is 0. The van der Waals surface area contributed by atoms with Crippen molar-refractivity contribution in [3.63, 3.8) is 0 Å². The van der Waals surface area contributed by atoms with E-state index in [1.807, 2.05) is 0 Å². The van der Waals surface area contributed by atoms with E-state index in [0.717, 1.165) is 70.6 Å². The van der Waals surface area contributed by atoms with Crippen LogP contribution < -0.4 is 0 Å². The van der Waals surface area contributed by atoms with E-state index in [9.17, 15) is 14.4 Å². The molecule has 0 aliphatic heterocycles. The van der Waals surface area contributed by atoms with E-state index in [1.165, 1.54) is 238 Å². The van der Waals surface area contributed by atoms with E-state index in [2.05, 4.69) is 57.2 Å². The highest BCUT2D eigenvalue weighted by molar-refractivity contribution is 5.71. The molecule has 0 amide bonds. The molecule has 422 valence electrons. The normalized spacial score (nSPS) is 12.2. The molecule has 0 N–H and O–H groups in total. The number of rotatable bonds is 59. The van der Waals surface area contributed by atoms with Crippen LogP contribution in [0, 0.1) is 0 Å². The lowest BCUT2D eigenvalue weighted by Gasteiger charge is -2.18. The van der Waals surface area contributed by atoms with Gasteiger partial charge in [-0.05, 0) is 77.0 Å². The van der Waals surface area contributed by atoms with Gasteiger partial charge in [-0.3, -0.25) is 14.4 Å². The molecule has 0 saturated carbocycles. The minimum atomic E-state index is -0.773. The van der Waals surface area contributed by atoms with Gasteiger partial charge in [0.15, 0.2) is 6.10 Å². The summed E-state index contributed by atoms with van der Waals surface area (Å²) in [5, 5.41) is 0. The smallest absolute Gasteiger partial charge is 0.306 e. The zero-order valence-corrected chi connectivity index (χ0v) is 48.5. The monoisotopic (exact) mass is 1010 g/mol. The first-order chi connectivity index (χ1) is 35.5. The van der Waals surface area contributed by atoms with E-state index in [4.69, 9.17) is 14.2 Å². The molecule has 0 fully saturated rings. The number of carbonyl (C=O) groups excluding carboxylic acids is 3. The van der Waals surface area contributed by atoms with Gasteiger partial charge < -0.3 is 14.2 Å². The minimum absolute atomic E-state index is 0.0711. The first kappa shape index (κ1) is 69.6. The van der Waals surface area contributed by atoms with Gasteiger partial charge >= 0.3 is 17.9 Å². The van der Waals surface area contributed by atoms with Crippen molar-refractivity contribution in [3.8, 4) is 0 Å².